The lowest BCUT2D eigenvalue weighted by molar-refractivity contribution is -0.119. The first-order valence-electron chi connectivity index (χ1n) is 10.2. The number of ether oxygens (including phenoxy) is 1. The minimum atomic E-state index is -0.0189. The molecule has 3 N–H and O–H groups in total. The number of hydrogen-bond donors (Lipinski definition) is 3. The number of aliphatic hydroxyl groups excluding tert-OH is 1. The summed E-state index contributed by atoms with van der Waals surface area (Å²) in [5.74, 6) is 0.953. The van der Waals surface area contributed by atoms with Crippen LogP contribution in [0.5, 0.6) is 0 Å². The number of anilines is 1. The van der Waals surface area contributed by atoms with E-state index in [1.54, 1.807) is 7.05 Å². The molecule has 0 aliphatic carbocycles. The van der Waals surface area contributed by atoms with Crippen molar-refractivity contribution >= 4 is 41.5 Å². The number of rotatable bonds is 7. The first kappa shape index (κ1) is 23.9. The highest BCUT2D eigenvalue weighted by molar-refractivity contribution is 14.0. The van der Waals surface area contributed by atoms with Crippen LogP contribution in [0.1, 0.15) is 37.7 Å². The molecule has 29 heavy (non-hydrogen) atoms. The monoisotopic (exact) mass is 516 g/mol. The van der Waals surface area contributed by atoms with Crippen molar-refractivity contribution in [3.05, 3.63) is 29.8 Å². The number of carbonyl (C=O) groups is 1. The number of hydrogen-bond acceptors (Lipinski definition) is 4. The third kappa shape index (κ3) is 6.55. The Bertz CT molecular complexity index is 675. The predicted molar refractivity (Wildman–Crippen MR) is 126 cm³/mol. The van der Waals surface area contributed by atoms with E-state index in [9.17, 15) is 9.90 Å². The molecule has 2 aliphatic rings. The van der Waals surface area contributed by atoms with Gasteiger partial charge in [-0.2, -0.15) is 0 Å². The fraction of sp³-hybridized carbons (Fsp3) is 0.619. The van der Waals surface area contributed by atoms with Gasteiger partial charge in [0.15, 0.2) is 5.96 Å². The third-order valence-corrected chi connectivity index (χ3v) is 5.71. The van der Waals surface area contributed by atoms with Gasteiger partial charge < -0.3 is 25.4 Å². The van der Waals surface area contributed by atoms with E-state index in [2.05, 4.69) is 27.8 Å². The summed E-state index contributed by atoms with van der Waals surface area (Å²) in [6.07, 6.45) is 4.39. The number of guanidine groups is 1. The van der Waals surface area contributed by atoms with Gasteiger partial charge in [-0.25, -0.2) is 0 Å². The summed E-state index contributed by atoms with van der Waals surface area (Å²) in [5, 5.41) is 16.0. The molecule has 1 aromatic rings. The second kappa shape index (κ2) is 11.7. The summed E-state index contributed by atoms with van der Waals surface area (Å²) in [6.45, 7) is 3.78. The molecule has 2 heterocycles. The molecule has 2 saturated heterocycles. The van der Waals surface area contributed by atoms with Gasteiger partial charge in [0.2, 0.25) is 5.91 Å². The summed E-state index contributed by atoms with van der Waals surface area (Å²) in [6, 6.07) is 8.14. The van der Waals surface area contributed by atoms with E-state index in [0.29, 0.717) is 19.6 Å². The van der Waals surface area contributed by atoms with Crippen molar-refractivity contribution in [1.82, 2.24) is 10.6 Å². The van der Waals surface area contributed by atoms with Gasteiger partial charge in [-0.15, -0.1) is 24.0 Å². The van der Waals surface area contributed by atoms with Crippen molar-refractivity contribution in [2.75, 3.05) is 44.9 Å². The zero-order valence-electron chi connectivity index (χ0n) is 17.2. The van der Waals surface area contributed by atoms with Crippen LogP contribution in [0, 0.1) is 5.41 Å². The van der Waals surface area contributed by atoms with Crippen LogP contribution in [-0.2, 0) is 16.1 Å². The van der Waals surface area contributed by atoms with Crippen molar-refractivity contribution in [2.45, 2.75) is 38.6 Å². The standard InChI is InChI=1S/C21H32N4O3.HI/c1-22-20(24-15-21(9-12-26)10-13-28-16-21)23-14-17-5-7-18(8-6-17)25-11-3-2-4-19(25)27;/h5-8,26H,2-4,9-16H2,1H3,(H2,22,23,24);1H. The second-order valence-corrected chi connectivity index (χ2v) is 7.72. The molecule has 0 saturated carbocycles. The Morgan fingerprint density at radius 3 is 2.69 bits per heavy atom. The molecular formula is C21H33IN4O3. The Hall–Kier alpha value is -1.39. The van der Waals surface area contributed by atoms with Crippen molar-refractivity contribution in [3.8, 4) is 0 Å². The summed E-state index contributed by atoms with van der Waals surface area (Å²) >= 11 is 0. The minimum absolute atomic E-state index is 0. The summed E-state index contributed by atoms with van der Waals surface area (Å²) < 4.78 is 5.54. The van der Waals surface area contributed by atoms with E-state index >= 15 is 0 Å². The van der Waals surface area contributed by atoms with Crippen molar-refractivity contribution < 1.29 is 14.6 Å². The zero-order valence-corrected chi connectivity index (χ0v) is 19.5. The van der Waals surface area contributed by atoms with Gasteiger partial charge in [-0.1, -0.05) is 12.1 Å². The van der Waals surface area contributed by atoms with Crippen LogP contribution in [0.4, 0.5) is 5.69 Å². The van der Waals surface area contributed by atoms with Gasteiger partial charge in [0.25, 0.3) is 0 Å². The van der Waals surface area contributed by atoms with E-state index in [1.807, 2.05) is 17.0 Å². The molecule has 7 nitrogen and oxygen atoms in total. The molecule has 1 aromatic carbocycles. The maximum Gasteiger partial charge on any atom is 0.226 e. The third-order valence-electron chi connectivity index (χ3n) is 5.71. The molecule has 0 spiro atoms. The second-order valence-electron chi connectivity index (χ2n) is 7.72. The summed E-state index contributed by atoms with van der Waals surface area (Å²) in [5.41, 5.74) is 2.09. The molecule has 0 aromatic heterocycles. The van der Waals surface area contributed by atoms with Gasteiger partial charge in [0, 0.05) is 57.4 Å². The molecular weight excluding hydrogens is 483 g/mol. The zero-order chi connectivity index (χ0) is 19.8. The van der Waals surface area contributed by atoms with E-state index in [-0.39, 0.29) is 41.9 Å². The van der Waals surface area contributed by atoms with Gasteiger partial charge in [-0.05, 0) is 43.4 Å². The van der Waals surface area contributed by atoms with E-state index < -0.39 is 0 Å². The maximum absolute atomic E-state index is 12.1. The molecule has 1 amide bonds. The molecule has 162 valence electrons. The number of amides is 1. The smallest absolute Gasteiger partial charge is 0.226 e. The fourth-order valence-electron chi connectivity index (χ4n) is 3.86. The van der Waals surface area contributed by atoms with Gasteiger partial charge in [0.05, 0.1) is 6.61 Å². The molecule has 1 atom stereocenters. The summed E-state index contributed by atoms with van der Waals surface area (Å²) in [7, 11) is 1.75. The van der Waals surface area contributed by atoms with Crippen LogP contribution in [0.3, 0.4) is 0 Å². The Labute approximate surface area is 190 Å². The average Bonchev–Trinajstić information content (AvgIpc) is 3.18. The van der Waals surface area contributed by atoms with E-state index in [4.69, 9.17) is 4.74 Å². The van der Waals surface area contributed by atoms with Crippen LogP contribution in [0.2, 0.25) is 0 Å². The molecule has 3 rings (SSSR count). The molecule has 1 unspecified atom stereocenters. The van der Waals surface area contributed by atoms with Gasteiger partial charge >= 0.3 is 0 Å². The number of nitrogens with zero attached hydrogens (tertiary/aromatic N) is 2. The Kier molecular flexibility index (Phi) is 9.64. The number of nitrogens with one attached hydrogen (secondary N) is 2. The Morgan fingerprint density at radius 1 is 1.28 bits per heavy atom. The van der Waals surface area contributed by atoms with E-state index in [1.165, 1.54) is 0 Å². The number of piperidine rings is 1. The largest absolute Gasteiger partial charge is 0.396 e. The SMILES string of the molecule is CN=C(NCc1ccc(N2CCCCC2=O)cc1)NCC1(CCO)CCOC1.I. The molecule has 8 heteroatoms. The quantitative estimate of drug-likeness (QED) is 0.294. The predicted octanol–water partition coefficient (Wildman–Crippen LogP) is 2.28. The first-order valence-corrected chi connectivity index (χ1v) is 10.2. The number of carbonyl (C=O) groups excluding carboxylic acids is 1. The van der Waals surface area contributed by atoms with E-state index in [0.717, 1.165) is 62.6 Å². The number of benzene rings is 1. The molecule has 0 bridgehead atoms. The van der Waals surface area contributed by atoms with Gasteiger partial charge in [-0.3, -0.25) is 9.79 Å². The highest BCUT2D eigenvalue weighted by Gasteiger charge is 2.34. The Balaban J connectivity index is 0.00000300. The average molecular weight is 516 g/mol. The Morgan fingerprint density at radius 2 is 2.07 bits per heavy atom. The lowest BCUT2D eigenvalue weighted by Crippen LogP contribution is -2.44. The van der Waals surface area contributed by atoms with Crippen LogP contribution in [0.15, 0.2) is 29.3 Å². The lowest BCUT2D eigenvalue weighted by atomic mass is 9.84. The highest BCUT2D eigenvalue weighted by Crippen LogP contribution is 2.31. The fourth-order valence-corrected chi connectivity index (χ4v) is 3.86. The lowest BCUT2D eigenvalue weighted by Gasteiger charge is -2.28. The topological polar surface area (TPSA) is 86.2 Å². The number of aliphatic hydroxyl groups is 1. The highest BCUT2D eigenvalue weighted by atomic mass is 127. The van der Waals surface area contributed by atoms with Crippen molar-refractivity contribution in [2.24, 2.45) is 10.4 Å². The minimum Gasteiger partial charge on any atom is -0.396 e. The van der Waals surface area contributed by atoms with Crippen LogP contribution < -0.4 is 15.5 Å². The van der Waals surface area contributed by atoms with Crippen molar-refractivity contribution in [1.29, 1.82) is 0 Å². The van der Waals surface area contributed by atoms with Gasteiger partial charge in [0.1, 0.15) is 0 Å². The normalized spacial score (nSPS) is 22.3. The molecule has 0 radical (unpaired) electrons. The van der Waals surface area contributed by atoms with Crippen molar-refractivity contribution in [3.63, 3.8) is 0 Å². The molecule has 2 aliphatic heterocycles. The summed E-state index contributed by atoms with van der Waals surface area (Å²) in [4.78, 5) is 18.2. The van der Waals surface area contributed by atoms with Crippen LogP contribution in [0.25, 0.3) is 0 Å². The maximum atomic E-state index is 12.1. The first-order chi connectivity index (χ1) is 13.7. The number of halogens is 1. The van der Waals surface area contributed by atoms with Crippen LogP contribution in [-0.4, -0.2) is 56.9 Å². The molecule has 2 fully saturated rings. The number of aliphatic imine (C=N–C) groups is 1. The van der Waals surface area contributed by atoms with Crippen LogP contribution >= 0.6 is 24.0 Å².